The maximum Gasteiger partial charge on any atom is 0.183 e. The van der Waals surface area contributed by atoms with Gasteiger partial charge in [0.2, 0.25) is 0 Å². The van der Waals surface area contributed by atoms with Crippen molar-refractivity contribution < 1.29 is 14.0 Å². The van der Waals surface area contributed by atoms with Crippen molar-refractivity contribution in [2.24, 2.45) is 22.7 Å². The number of hydrogen-bond acceptors (Lipinski definition) is 3. The molecule has 4 saturated carbocycles. The Hall–Kier alpha value is -1.36. The molecule has 0 bridgehead atoms. The fourth-order valence-corrected chi connectivity index (χ4v) is 13.0. The summed E-state index contributed by atoms with van der Waals surface area (Å²) in [6, 6.07) is 1.35. The highest BCUT2D eigenvalue weighted by Crippen LogP contribution is 2.60. The Bertz CT molecular complexity index is 1330. The number of halogens is 1. The number of methoxy groups -OCH3 is 2. The van der Waals surface area contributed by atoms with Crippen LogP contribution in [0.4, 0.5) is 0 Å². The zero-order valence-electron chi connectivity index (χ0n) is 31.6. The van der Waals surface area contributed by atoms with E-state index >= 15 is 0 Å². The summed E-state index contributed by atoms with van der Waals surface area (Å²) in [4.78, 5) is 2.87. The second kappa shape index (κ2) is 15.7. The molecule has 272 valence electrons. The number of hydrogen-bond donors (Lipinski definition) is 0. The lowest BCUT2D eigenvalue weighted by Gasteiger charge is -2.43. The Kier molecular flexibility index (Phi) is 11.5. The quantitative estimate of drug-likeness (QED) is 0.225. The smallest absolute Gasteiger partial charge is 0.183 e. The van der Waals surface area contributed by atoms with Crippen LogP contribution >= 0.6 is 11.6 Å². The Morgan fingerprint density at radius 2 is 1.43 bits per heavy atom. The van der Waals surface area contributed by atoms with Crippen molar-refractivity contribution in [3.63, 3.8) is 0 Å². The minimum atomic E-state index is 0.314. The van der Waals surface area contributed by atoms with Gasteiger partial charge in [0.25, 0.3) is 0 Å². The lowest BCUT2D eigenvalue weighted by atomic mass is 9.60. The largest absolute Gasteiger partial charge is 0.381 e. The van der Waals surface area contributed by atoms with Gasteiger partial charge in [-0.25, -0.2) is 4.58 Å². The molecule has 2 aliphatic heterocycles. The van der Waals surface area contributed by atoms with Crippen molar-refractivity contribution in [2.75, 3.05) is 27.3 Å². The minimum Gasteiger partial charge on any atom is -0.381 e. The van der Waals surface area contributed by atoms with Gasteiger partial charge in [0.05, 0.1) is 17.6 Å². The molecule has 1 saturated heterocycles. The zero-order valence-corrected chi connectivity index (χ0v) is 32.4. The van der Waals surface area contributed by atoms with Gasteiger partial charge >= 0.3 is 0 Å². The molecular weight excluding hydrogens is 624 g/mol. The predicted molar refractivity (Wildman–Crippen MR) is 204 cm³/mol. The van der Waals surface area contributed by atoms with Crippen LogP contribution in [-0.4, -0.2) is 66.8 Å². The number of rotatable bonds is 9. The number of allylic oxidation sites excluding steroid dienone is 8. The third-order valence-corrected chi connectivity index (χ3v) is 15.3. The van der Waals surface area contributed by atoms with Gasteiger partial charge < -0.3 is 14.4 Å². The van der Waals surface area contributed by atoms with Gasteiger partial charge in [-0.2, -0.15) is 0 Å². The summed E-state index contributed by atoms with van der Waals surface area (Å²) in [6.45, 7) is 7.08. The van der Waals surface area contributed by atoms with E-state index in [9.17, 15) is 0 Å². The molecule has 5 aliphatic carbocycles. The number of ether oxygens (including phenoxy) is 2. The van der Waals surface area contributed by atoms with Crippen molar-refractivity contribution in [3.8, 4) is 0 Å². The first-order valence-electron chi connectivity index (χ1n) is 20.9. The van der Waals surface area contributed by atoms with Crippen molar-refractivity contribution in [1.82, 2.24) is 4.90 Å². The lowest BCUT2D eigenvalue weighted by Crippen LogP contribution is -2.43. The first-order valence-corrected chi connectivity index (χ1v) is 21.3. The molecule has 0 N–H and O–H groups in total. The molecule has 2 spiro atoms. The second-order valence-electron chi connectivity index (χ2n) is 17.2. The van der Waals surface area contributed by atoms with Crippen molar-refractivity contribution in [3.05, 3.63) is 46.2 Å². The molecule has 0 radical (unpaired) electrons. The summed E-state index contributed by atoms with van der Waals surface area (Å²) in [6.07, 6.45) is 37.8. The van der Waals surface area contributed by atoms with Crippen LogP contribution in [0, 0.1) is 22.7 Å². The van der Waals surface area contributed by atoms with E-state index in [0.717, 1.165) is 29.7 Å². The molecule has 6 atom stereocenters. The highest BCUT2D eigenvalue weighted by Gasteiger charge is 2.60. The molecule has 4 nitrogen and oxygen atoms in total. The molecule has 5 heteroatoms. The predicted octanol–water partition coefficient (Wildman–Crippen LogP) is 10.9. The first kappa shape index (κ1) is 36.0. The normalized spacial score (nSPS) is 36.1. The van der Waals surface area contributed by atoms with E-state index in [1.165, 1.54) is 146 Å². The maximum absolute atomic E-state index is 7.45. The topological polar surface area (TPSA) is 24.7 Å². The molecule has 7 aliphatic rings. The summed E-state index contributed by atoms with van der Waals surface area (Å²) >= 11 is 7.45. The van der Waals surface area contributed by atoms with Gasteiger partial charge in [-0.05, 0) is 107 Å². The van der Waals surface area contributed by atoms with Gasteiger partial charge in [0, 0.05) is 67.8 Å². The summed E-state index contributed by atoms with van der Waals surface area (Å²) in [5.41, 5.74) is 6.64. The molecule has 49 heavy (non-hydrogen) atoms. The Balaban J connectivity index is 1.22. The third-order valence-electron chi connectivity index (χ3n) is 14.8. The Morgan fingerprint density at radius 1 is 0.755 bits per heavy atom. The molecular formula is C44H68ClN2O2+. The molecule has 5 fully saturated rings. The van der Waals surface area contributed by atoms with Crippen molar-refractivity contribution in [2.45, 2.75) is 173 Å². The van der Waals surface area contributed by atoms with Crippen LogP contribution in [0.1, 0.15) is 149 Å². The third kappa shape index (κ3) is 6.60. The van der Waals surface area contributed by atoms with E-state index in [2.05, 4.69) is 47.6 Å². The first-order chi connectivity index (χ1) is 24.0. The van der Waals surface area contributed by atoms with Gasteiger partial charge in [0.1, 0.15) is 6.54 Å². The highest BCUT2D eigenvalue weighted by atomic mass is 35.5. The van der Waals surface area contributed by atoms with Crippen LogP contribution in [0.15, 0.2) is 46.2 Å². The van der Waals surface area contributed by atoms with E-state index < -0.39 is 0 Å². The van der Waals surface area contributed by atoms with Crippen LogP contribution < -0.4 is 0 Å². The minimum absolute atomic E-state index is 0.314. The molecule has 7 rings (SSSR count). The summed E-state index contributed by atoms with van der Waals surface area (Å²) in [5.74, 6) is 1.45. The lowest BCUT2D eigenvalue weighted by molar-refractivity contribution is -0.567. The number of fused-ring (bicyclic) bond motifs is 4. The van der Waals surface area contributed by atoms with Crippen LogP contribution in [-0.2, 0) is 9.47 Å². The van der Waals surface area contributed by atoms with Crippen molar-refractivity contribution in [1.29, 1.82) is 0 Å². The van der Waals surface area contributed by atoms with Gasteiger partial charge in [-0.3, -0.25) is 0 Å². The van der Waals surface area contributed by atoms with E-state index in [-0.39, 0.29) is 0 Å². The average Bonchev–Trinajstić information content (AvgIpc) is 3.52. The molecule has 2 heterocycles. The van der Waals surface area contributed by atoms with Crippen LogP contribution in [0.5, 0.6) is 0 Å². The van der Waals surface area contributed by atoms with Gasteiger partial charge in [-0.1, -0.05) is 76.1 Å². The van der Waals surface area contributed by atoms with E-state index in [1.54, 1.807) is 11.4 Å². The summed E-state index contributed by atoms with van der Waals surface area (Å²) < 4.78 is 14.9. The van der Waals surface area contributed by atoms with Crippen LogP contribution in [0.3, 0.4) is 0 Å². The zero-order chi connectivity index (χ0) is 34.0. The van der Waals surface area contributed by atoms with E-state index in [1.807, 2.05) is 14.2 Å². The fourth-order valence-electron chi connectivity index (χ4n) is 12.7. The SMILES string of the molecule is CCCN1/C(=C/C=C2\CCCC(/C=C/C3=[N+](CCC)C4CCC(OC)CC4C34CCCCC4)=C2Cl)C2(CCCCC2)C2CC(OC)CCC21. The molecule has 0 aromatic heterocycles. The molecule has 0 amide bonds. The van der Waals surface area contributed by atoms with Gasteiger partial charge in [-0.15, -0.1) is 0 Å². The molecule has 0 aromatic carbocycles. The highest BCUT2D eigenvalue weighted by molar-refractivity contribution is 6.32. The van der Waals surface area contributed by atoms with E-state index in [4.69, 9.17) is 21.1 Å². The molecule has 6 unspecified atom stereocenters. The number of likely N-dealkylation sites (tertiary alicyclic amines) is 1. The second-order valence-corrected chi connectivity index (χ2v) is 17.5. The Labute approximate surface area is 304 Å². The standard InChI is InChI=1S/C44H68ClN2O2/c1-5-28-46-38-20-18-34(48-3)30-36(38)43(24-9-7-10-25-43)40(46)22-16-32-14-13-15-33(42(32)45)17-23-41-44(26-11-8-12-27-44)37-31-35(49-4)19-21-39(37)47(41)29-6-2/h16-17,22-23,34-39H,5-15,18-21,24-31H2,1-4H3/q+1. The maximum atomic E-state index is 7.45. The average molecular weight is 692 g/mol. The van der Waals surface area contributed by atoms with Crippen LogP contribution in [0.2, 0.25) is 0 Å². The molecule has 0 aromatic rings. The number of nitrogens with zero attached hydrogens (tertiary/aromatic N) is 2. The Morgan fingerprint density at radius 3 is 2.10 bits per heavy atom. The van der Waals surface area contributed by atoms with Crippen LogP contribution in [0.25, 0.3) is 0 Å². The monoisotopic (exact) mass is 691 g/mol. The van der Waals surface area contributed by atoms with Crippen molar-refractivity contribution >= 4 is 17.3 Å². The summed E-state index contributed by atoms with van der Waals surface area (Å²) in [7, 11) is 3.88. The van der Waals surface area contributed by atoms with Gasteiger partial charge in [0.15, 0.2) is 11.8 Å². The summed E-state index contributed by atoms with van der Waals surface area (Å²) in [5, 5.41) is 1.03. The fraction of sp³-hybridized carbons (Fsp3) is 0.795. The van der Waals surface area contributed by atoms with E-state index in [0.29, 0.717) is 35.1 Å².